The molecule has 5 nitrogen and oxygen atoms in total. The number of hydrogen-bond acceptors (Lipinski definition) is 3. The van der Waals surface area contributed by atoms with Crippen LogP contribution in [0.5, 0.6) is 0 Å². The van der Waals surface area contributed by atoms with Crippen LogP contribution in [0, 0.1) is 23.2 Å². The summed E-state index contributed by atoms with van der Waals surface area (Å²) in [6, 6.07) is 8.57. The molecule has 0 aliphatic carbocycles. The summed E-state index contributed by atoms with van der Waals surface area (Å²) >= 11 is 0. The molecular weight excluding hydrogens is 228 g/mol. The van der Waals surface area contributed by atoms with Gasteiger partial charge in [-0.3, -0.25) is 4.79 Å². The van der Waals surface area contributed by atoms with Crippen molar-refractivity contribution in [3.05, 3.63) is 45.8 Å². The molecule has 0 saturated carbocycles. The zero-order valence-corrected chi connectivity index (χ0v) is 9.63. The van der Waals surface area contributed by atoms with E-state index in [0.29, 0.717) is 18.5 Å². The van der Waals surface area contributed by atoms with E-state index >= 15 is 0 Å². The maximum absolute atomic E-state index is 11.4. The largest absolute Gasteiger partial charge is 0.293 e. The molecule has 88 valence electrons. The molecule has 0 bridgehead atoms. The monoisotopic (exact) mass is 238 g/mol. The quantitative estimate of drug-likeness (QED) is 0.201. The fourth-order valence-electron chi connectivity index (χ4n) is 1.23. The average Bonchev–Trinajstić information content (AvgIpc) is 2.39. The molecule has 0 unspecified atom stereocenters. The van der Waals surface area contributed by atoms with Crippen molar-refractivity contribution in [2.24, 2.45) is 5.11 Å². The number of nitrogens with zero attached hydrogens (tertiary/aromatic N) is 4. The van der Waals surface area contributed by atoms with Crippen LogP contribution in [0.4, 0.5) is 0 Å². The number of benzene rings is 1. The molecule has 0 spiro atoms. The SMILES string of the molecule is N#CCC(=O)c1ccc(C#CCCN=[N+]=[N-])cc1. The Morgan fingerprint density at radius 3 is 2.72 bits per heavy atom. The second-order valence-electron chi connectivity index (χ2n) is 3.34. The molecule has 0 aliphatic heterocycles. The Bertz CT molecular complexity index is 566. The van der Waals surface area contributed by atoms with Gasteiger partial charge in [0.1, 0.15) is 0 Å². The van der Waals surface area contributed by atoms with Crippen molar-refractivity contribution < 1.29 is 4.79 Å². The first-order valence-corrected chi connectivity index (χ1v) is 5.28. The molecule has 1 aromatic carbocycles. The number of azide groups is 1. The third-order valence-corrected chi connectivity index (χ3v) is 2.08. The fraction of sp³-hybridized carbons (Fsp3) is 0.231. The maximum Gasteiger partial charge on any atom is 0.176 e. The molecule has 0 N–H and O–H groups in total. The van der Waals surface area contributed by atoms with Crippen LogP contribution < -0.4 is 0 Å². The highest BCUT2D eigenvalue weighted by molar-refractivity contribution is 5.97. The molecule has 1 rings (SSSR count). The minimum absolute atomic E-state index is 0.114. The second-order valence-corrected chi connectivity index (χ2v) is 3.34. The van der Waals surface area contributed by atoms with Crippen molar-refractivity contribution in [1.82, 2.24) is 0 Å². The summed E-state index contributed by atoms with van der Waals surface area (Å²) in [5.41, 5.74) is 9.36. The third-order valence-electron chi connectivity index (χ3n) is 2.08. The number of Topliss-reactive ketones (excluding diaryl/α,β-unsaturated/α-hetero) is 1. The second kappa shape index (κ2) is 7.51. The molecule has 0 heterocycles. The van der Waals surface area contributed by atoms with Gasteiger partial charge in [0.15, 0.2) is 5.78 Å². The third kappa shape index (κ3) is 4.40. The lowest BCUT2D eigenvalue weighted by Crippen LogP contribution is -1.96. The molecule has 0 aromatic heterocycles. The molecular formula is C13H10N4O. The zero-order chi connectivity index (χ0) is 13.2. The van der Waals surface area contributed by atoms with Crippen LogP contribution in [0.15, 0.2) is 29.4 Å². The molecule has 18 heavy (non-hydrogen) atoms. The standard InChI is InChI=1S/C13H10N4O/c14-9-8-13(18)12-6-4-11(5-7-12)3-1-2-10-16-17-15/h4-7H,2,8,10H2. The van der Waals surface area contributed by atoms with E-state index in [9.17, 15) is 4.79 Å². The summed E-state index contributed by atoms with van der Waals surface area (Å²) in [4.78, 5) is 14.0. The summed E-state index contributed by atoms with van der Waals surface area (Å²) in [5.74, 6) is 5.56. The summed E-state index contributed by atoms with van der Waals surface area (Å²) in [6.07, 6.45) is 0.385. The van der Waals surface area contributed by atoms with E-state index in [4.69, 9.17) is 10.8 Å². The number of carbonyl (C=O) groups excluding carboxylic acids is 1. The van der Waals surface area contributed by atoms with Gasteiger partial charge in [0.2, 0.25) is 0 Å². The van der Waals surface area contributed by atoms with E-state index in [2.05, 4.69) is 21.9 Å². The molecule has 0 radical (unpaired) electrons. The van der Waals surface area contributed by atoms with E-state index < -0.39 is 0 Å². The minimum Gasteiger partial charge on any atom is -0.293 e. The lowest BCUT2D eigenvalue weighted by Gasteiger charge is -1.96. The summed E-state index contributed by atoms with van der Waals surface area (Å²) in [5, 5.41) is 11.8. The van der Waals surface area contributed by atoms with Gasteiger partial charge in [-0.25, -0.2) is 0 Å². The normalized spacial score (nSPS) is 8.39. The highest BCUT2D eigenvalue weighted by atomic mass is 16.1. The van der Waals surface area contributed by atoms with Crippen LogP contribution in [0.1, 0.15) is 28.8 Å². The van der Waals surface area contributed by atoms with Crippen LogP contribution in [0.25, 0.3) is 10.4 Å². The van der Waals surface area contributed by atoms with Gasteiger partial charge in [0, 0.05) is 29.0 Å². The molecule has 0 aliphatic rings. The van der Waals surface area contributed by atoms with Gasteiger partial charge in [-0.2, -0.15) is 5.26 Å². The van der Waals surface area contributed by atoms with Crippen LogP contribution in [-0.4, -0.2) is 12.3 Å². The van der Waals surface area contributed by atoms with Crippen molar-refractivity contribution in [3.63, 3.8) is 0 Å². The van der Waals surface area contributed by atoms with Gasteiger partial charge in [0.25, 0.3) is 0 Å². The van der Waals surface area contributed by atoms with Gasteiger partial charge in [-0.1, -0.05) is 29.1 Å². The van der Waals surface area contributed by atoms with Crippen molar-refractivity contribution >= 4 is 5.78 Å². The van der Waals surface area contributed by atoms with E-state index in [0.717, 1.165) is 5.56 Å². The number of rotatable bonds is 4. The van der Waals surface area contributed by atoms with Crippen molar-refractivity contribution in [2.45, 2.75) is 12.8 Å². The minimum atomic E-state index is -0.194. The molecule has 0 saturated heterocycles. The van der Waals surface area contributed by atoms with Crippen molar-refractivity contribution in [3.8, 4) is 17.9 Å². The first kappa shape index (κ1) is 13.3. The number of ketones is 1. The lowest BCUT2D eigenvalue weighted by atomic mass is 10.1. The zero-order valence-electron chi connectivity index (χ0n) is 9.63. The Hall–Kier alpha value is -2.75. The molecule has 0 fully saturated rings. The van der Waals surface area contributed by atoms with Gasteiger partial charge >= 0.3 is 0 Å². The summed E-state index contributed by atoms with van der Waals surface area (Å²) in [6.45, 7) is 0.349. The Morgan fingerprint density at radius 1 is 1.39 bits per heavy atom. The molecule has 0 amide bonds. The van der Waals surface area contributed by atoms with Crippen LogP contribution in [0.2, 0.25) is 0 Å². The summed E-state index contributed by atoms with van der Waals surface area (Å²) < 4.78 is 0. The van der Waals surface area contributed by atoms with Gasteiger partial charge in [0.05, 0.1) is 12.5 Å². The van der Waals surface area contributed by atoms with E-state index in [1.165, 1.54) is 0 Å². The van der Waals surface area contributed by atoms with E-state index in [1.54, 1.807) is 24.3 Å². The van der Waals surface area contributed by atoms with Crippen molar-refractivity contribution in [2.75, 3.05) is 6.54 Å². The number of nitriles is 1. The van der Waals surface area contributed by atoms with Gasteiger partial charge < -0.3 is 0 Å². The first-order valence-electron chi connectivity index (χ1n) is 5.28. The Balaban J connectivity index is 2.63. The van der Waals surface area contributed by atoms with E-state index in [-0.39, 0.29) is 12.2 Å². The predicted molar refractivity (Wildman–Crippen MR) is 66.5 cm³/mol. The summed E-state index contributed by atoms with van der Waals surface area (Å²) in [7, 11) is 0. The molecule has 1 aromatic rings. The molecule has 5 heteroatoms. The van der Waals surface area contributed by atoms with Gasteiger partial charge in [-0.15, -0.1) is 0 Å². The topological polar surface area (TPSA) is 89.6 Å². The lowest BCUT2D eigenvalue weighted by molar-refractivity contribution is 0.0997. The highest BCUT2D eigenvalue weighted by Crippen LogP contribution is 2.05. The van der Waals surface area contributed by atoms with E-state index in [1.807, 2.05) is 6.07 Å². The smallest absolute Gasteiger partial charge is 0.176 e. The van der Waals surface area contributed by atoms with Crippen LogP contribution in [-0.2, 0) is 0 Å². The van der Waals surface area contributed by atoms with Crippen LogP contribution in [0.3, 0.4) is 0 Å². The average molecular weight is 238 g/mol. The Morgan fingerprint density at radius 2 is 2.11 bits per heavy atom. The number of carbonyl (C=O) groups is 1. The Labute approximate surface area is 105 Å². The van der Waals surface area contributed by atoms with Gasteiger partial charge in [-0.05, 0) is 17.7 Å². The fourth-order valence-corrected chi connectivity index (χ4v) is 1.23. The predicted octanol–water partition coefficient (Wildman–Crippen LogP) is 2.83. The maximum atomic E-state index is 11.4. The van der Waals surface area contributed by atoms with Crippen molar-refractivity contribution in [1.29, 1.82) is 5.26 Å². The first-order chi connectivity index (χ1) is 8.77. The molecule has 0 atom stereocenters. The van der Waals surface area contributed by atoms with Crippen LogP contribution >= 0.6 is 0 Å². The highest BCUT2D eigenvalue weighted by Gasteiger charge is 2.03. The number of hydrogen-bond donors (Lipinski definition) is 0. The Kier molecular flexibility index (Phi) is 5.56.